The minimum Gasteiger partial charge on any atom is -0.451 e. The Balaban J connectivity index is 1.55. The summed E-state index contributed by atoms with van der Waals surface area (Å²) in [6.07, 6.45) is -2.27. The molecule has 122 valence electrons. The number of hydrogen-bond donors (Lipinski definition) is 1. The lowest BCUT2D eigenvalue weighted by Crippen LogP contribution is -2.43. The Hall–Kier alpha value is -2.09. The Morgan fingerprint density at radius 2 is 2.17 bits per heavy atom. The van der Waals surface area contributed by atoms with Gasteiger partial charge in [0.05, 0.1) is 0 Å². The standard InChI is InChI=1S/C15H14F3N3O2/c16-15(17,18)13-3-9-5-19-10(4-12(9)23-13)14(22)20-11-7-21-2-1-8(11)6-21/h3-5,8,11H,1-2,6-7H2,(H,20,22). The lowest BCUT2D eigenvalue weighted by molar-refractivity contribution is -0.152. The maximum Gasteiger partial charge on any atom is 0.449 e. The van der Waals surface area contributed by atoms with Gasteiger partial charge in [-0.15, -0.1) is 0 Å². The van der Waals surface area contributed by atoms with Crippen LogP contribution in [-0.4, -0.2) is 41.5 Å². The van der Waals surface area contributed by atoms with Crippen LogP contribution in [0.5, 0.6) is 0 Å². The van der Waals surface area contributed by atoms with Crippen LogP contribution in [0.25, 0.3) is 11.0 Å². The number of furan rings is 1. The third-order valence-electron chi connectivity index (χ3n) is 4.56. The van der Waals surface area contributed by atoms with Crippen molar-refractivity contribution >= 4 is 16.9 Å². The number of rotatable bonds is 2. The van der Waals surface area contributed by atoms with Gasteiger partial charge in [0.15, 0.2) is 0 Å². The predicted molar refractivity (Wildman–Crippen MR) is 74.8 cm³/mol. The number of nitrogens with zero attached hydrogens (tertiary/aromatic N) is 2. The van der Waals surface area contributed by atoms with Crippen molar-refractivity contribution in [1.82, 2.24) is 15.2 Å². The van der Waals surface area contributed by atoms with Crippen molar-refractivity contribution in [3.63, 3.8) is 0 Å². The molecule has 23 heavy (non-hydrogen) atoms. The monoisotopic (exact) mass is 325 g/mol. The number of piperidine rings is 1. The lowest BCUT2D eigenvalue weighted by Gasteiger charge is -2.22. The Kier molecular flexibility index (Phi) is 3.12. The minimum atomic E-state index is -4.56. The molecule has 2 fully saturated rings. The highest BCUT2D eigenvalue weighted by molar-refractivity contribution is 5.95. The molecule has 0 radical (unpaired) electrons. The van der Waals surface area contributed by atoms with Crippen molar-refractivity contribution in [3.8, 4) is 0 Å². The van der Waals surface area contributed by atoms with Gasteiger partial charge >= 0.3 is 6.18 Å². The molecule has 3 unspecified atom stereocenters. The molecule has 5 nitrogen and oxygen atoms in total. The SMILES string of the molecule is O=C(NC1CN2CCC1C2)c1cc2oc(C(F)(F)F)cc2cn1. The highest BCUT2D eigenvalue weighted by atomic mass is 19.4. The van der Waals surface area contributed by atoms with E-state index in [1.54, 1.807) is 0 Å². The second-order valence-electron chi connectivity index (χ2n) is 6.10. The number of hydrogen-bond acceptors (Lipinski definition) is 4. The molecule has 1 N–H and O–H groups in total. The second kappa shape index (κ2) is 4.95. The fourth-order valence-corrected chi connectivity index (χ4v) is 3.39. The Morgan fingerprint density at radius 3 is 2.83 bits per heavy atom. The number of amides is 1. The van der Waals surface area contributed by atoms with Gasteiger partial charge in [0.1, 0.15) is 11.3 Å². The first-order valence-corrected chi connectivity index (χ1v) is 7.40. The van der Waals surface area contributed by atoms with Gasteiger partial charge in [-0.25, -0.2) is 0 Å². The first kappa shape index (κ1) is 14.5. The van der Waals surface area contributed by atoms with Gasteiger partial charge in [0, 0.05) is 36.8 Å². The van der Waals surface area contributed by atoms with E-state index in [4.69, 9.17) is 4.42 Å². The molecule has 3 atom stereocenters. The van der Waals surface area contributed by atoms with Gasteiger partial charge in [0.2, 0.25) is 5.76 Å². The van der Waals surface area contributed by atoms with Gasteiger partial charge in [-0.3, -0.25) is 9.78 Å². The fourth-order valence-electron chi connectivity index (χ4n) is 3.39. The maximum atomic E-state index is 12.6. The van der Waals surface area contributed by atoms with Crippen LogP contribution in [0.1, 0.15) is 22.7 Å². The molecule has 1 amide bonds. The summed E-state index contributed by atoms with van der Waals surface area (Å²) in [5, 5.41) is 3.14. The van der Waals surface area contributed by atoms with Crippen LogP contribution in [0.2, 0.25) is 0 Å². The van der Waals surface area contributed by atoms with Crippen molar-refractivity contribution in [2.24, 2.45) is 5.92 Å². The van der Waals surface area contributed by atoms with E-state index < -0.39 is 11.9 Å². The van der Waals surface area contributed by atoms with Gasteiger partial charge in [-0.2, -0.15) is 13.2 Å². The quantitative estimate of drug-likeness (QED) is 0.920. The summed E-state index contributed by atoms with van der Waals surface area (Å²) in [6, 6.07) is 2.22. The normalized spacial score (nSPS) is 26.8. The number of nitrogens with one attached hydrogen (secondary N) is 1. The molecule has 2 aromatic rings. The molecule has 0 saturated carbocycles. The van der Waals surface area contributed by atoms with Crippen molar-refractivity contribution in [2.75, 3.05) is 19.6 Å². The number of halogens is 3. The Labute approximate surface area is 129 Å². The summed E-state index contributed by atoms with van der Waals surface area (Å²) < 4.78 is 42.7. The van der Waals surface area contributed by atoms with E-state index in [1.165, 1.54) is 12.3 Å². The lowest BCUT2D eigenvalue weighted by atomic mass is 10.00. The smallest absolute Gasteiger partial charge is 0.449 e. The molecule has 2 aliphatic heterocycles. The Morgan fingerprint density at radius 1 is 1.35 bits per heavy atom. The molecule has 4 rings (SSSR count). The molecule has 4 heterocycles. The van der Waals surface area contributed by atoms with Crippen LogP contribution in [0.4, 0.5) is 13.2 Å². The van der Waals surface area contributed by atoms with Gasteiger partial charge in [0.25, 0.3) is 5.91 Å². The first-order chi connectivity index (χ1) is 10.9. The maximum absolute atomic E-state index is 12.6. The fraction of sp³-hybridized carbons (Fsp3) is 0.467. The third kappa shape index (κ3) is 2.56. The summed E-state index contributed by atoms with van der Waals surface area (Å²) in [5.74, 6) is -1.02. The average Bonchev–Trinajstić information content (AvgIpc) is 3.20. The highest BCUT2D eigenvalue weighted by Gasteiger charge is 2.39. The number of fused-ring (bicyclic) bond motifs is 3. The van der Waals surface area contributed by atoms with Crippen molar-refractivity contribution < 1.29 is 22.4 Å². The van der Waals surface area contributed by atoms with E-state index in [0.29, 0.717) is 5.92 Å². The van der Waals surface area contributed by atoms with Crippen LogP contribution in [0.15, 0.2) is 22.7 Å². The van der Waals surface area contributed by atoms with Crippen LogP contribution in [-0.2, 0) is 6.18 Å². The summed E-state index contributed by atoms with van der Waals surface area (Å²) in [6.45, 7) is 2.87. The zero-order valence-electron chi connectivity index (χ0n) is 12.1. The van der Waals surface area contributed by atoms with E-state index in [0.717, 1.165) is 32.1 Å². The number of aromatic nitrogens is 1. The van der Waals surface area contributed by atoms with E-state index in [2.05, 4.69) is 15.2 Å². The van der Waals surface area contributed by atoms with Gasteiger partial charge in [-0.05, 0) is 24.9 Å². The number of carbonyl (C=O) groups excluding carboxylic acids is 1. The topological polar surface area (TPSA) is 58.4 Å². The Bertz CT molecular complexity index is 771. The zero-order chi connectivity index (χ0) is 16.2. The van der Waals surface area contributed by atoms with Crippen molar-refractivity contribution in [2.45, 2.75) is 18.6 Å². The highest BCUT2D eigenvalue weighted by Crippen LogP contribution is 2.33. The van der Waals surface area contributed by atoms with Crippen LogP contribution in [0, 0.1) is 5.92 Å². The zero-order valence-corrected chi connectivity index (χ0v) is 12.1. The summed E-state index contributed by atoms with van der Waals surface area (Å²) in [4.78, 5) is 18.5. The number of alkyl halides is 3. The van der Waals surface area contributed by atoms with E-state index in [-0.39, 0.29) is 28.6 Å². The molecule has 0 aromatic carbocycles. The molecular weight excluding hydrogens is 311 g/mol. The van der Waals surface area contributed by atoms with Crippen LogP contribution >= 0.6 is 0 Å². The molecular formula is C15H14F3N3O2. The van der Waals surface area contributed by atoms with Gasteiger partial charge < -0.3 is 14.6 Å². The largest absolute Gasteiger partial charge is 0.451 e. The third-order valence-corrected chi connectivity index (χ3v) is 4.56. The molecule has 2 saturated heterocycles. The van der Waals surface area contributed by atoms with Crippen LogP contribution < -0.4 is 5.32 Å². The average molecular weight is 325 g/mol. The molecule has 8 heteroatoms. The number of pyridine rings is 1. The number of carbonyl (C=O) groups is 1. The van der Waals surface area contributed by atoms with E-state index in [9.17, 15) is 18.0 Å². The molecule has 2 bridgehead atoms. The van der Waals surface area contributed by atoms with Gasteiger partial charge in [-0.1, -0.05) is 0 Å². The molecule has 2 aliphatic rings. The predicted octanol–water partition coefficient (Wildman–Crippen LogP) is 2.28. The molecule has 0 spiro atoms. The van der Waals surface area contributed by atoms with E-state index >= 15 is 0 Å². The summed E-state index contributed by atoms with van der Waals surface area (Å²) in [5.41, 5.74) is 0.0764. The van der Waals surface area contributed by atoms with Crippen LogP contribution in [0.3, 0.4) is 0 Å². The second-order valence-corrected chi connectivity index (χ2v) is 6.10. The van der Waals surface area contributed by atoms with Crippen molar-refractivity contribution in [3.05, 3.63) is 29.8 Å². The summed E-state index contributed by atoms with van der Waals surface area (Å²) in [7, 11) is 0. The molecule has 0 aliphatic carbocycles. The molecule has 2 aromatic heterocycles. The summed E-state index contributed by atoms with van der Waals surface area (Å²) >= 11 is 0. The van der Waals surface area contributed by atoms with Crippen molar-refractivity contribution in [1.29, 1.82) is 0 Å². The first-order valence-electron chi connectivity index (χ1n) is 7.40. The minimum absolute atomic E-state index is 0.00849. The van der Waals surface area contributed by atoms with E-state index in [1.807, 2.05) is 0 Å².